The van der Waals surface area contributed by atoms with E-state index in [2.05, 4.69) is 109 Å². The highest BCUT2D eigenvalue weighted by molar-refractivity contribution is 5.78. The quantitative estimate of drug-likeness (QED) is 0.191. The first kappa shape index (κ1) is 27.9. The van der Waals surface area contributed by atoms with Crippen molar-refractivity contribution in [2.24, 2.45) is 0 Å². The molecule has 43 heavy (non-hydrogen) atoms. The number of nitrogens with zero attached hydrogens (tertiary/aromatic N) is 1. The van der Waals surface area contributed by atoms with E-state index in [0.29, 0.717) is 17.9 Å². The summed E-state index contributed by atoms with van der Waals surface area (Å²) in [6.07, 6.45) is 1.60. The van der Waals surface area contributed by atoms with E-state index in [0.717, 1.165) is 45.9 Å². The summed E-state index contributed by atoms with van der Waals surface area (Å²) < 4.78 is 6.08. The second-order valence-electron chi connectivity index (χ2n) is 10.8. The number of benzene rings is 6. The third kappa shape index (κ3) is 6.47. The molecule has 212 valence electrons. The Balaban J connectivity index is 1.29. The second kappa shape index (κ2) is 12.7. The van der Waals surface area contributed by atoms with Crippen LogP contribution in [0.15, 0.2) is 146 Å². The van der Waals surface area contributed by atoms with Crippen LogP contribution in [-0.4, -0.2) is 5.11 Å². The summed E-state index contributed by atoms with van der Waals surface area (Å²) in [5.74, 6) is 1.79. The average molecular weight is 562 g/mol. The van der Waals surface area contributed by atoms with Gasteiger partial charge >= 0.3 is 0 Å². The van der Waals surface area contributed by atoms with E-state index >= 15 is 0 Å². The van der Waals surface area contributed by atoms with Crippen molar-refractivity contribution in [1.29, 1.82) is 0 Å². The molecule has 6 aromatic rings. The minimum absolute atomic E-state index is 0.306. The van der Waals surface area contributed by atoms with Crippen molar-refractivity contribution in [3.8, 4) is 28.4 Å². The van der Waals surface area contributed by atoms with Crippen molar-refractivity contribution in [1.82, 2.24) is 0 Å². The van der Waals surface area contributed by atoms with Crippen LogP contribution < -0.4 is 9.64 Å². The van der Waals surface area contributed by atoms with E-state index < -0.39 is 0 Å². The molecule has 6 rings (SSSR count). The number of anilines is 3. The van der Waals surface area contributed by atoms with Crippen LogP contribution in [0.25, 0.3) is 11.1 Å². The summed E-state index contributed by atoms with van der Waals surface area (Å²) in [4.78, 5) is 2.29. The summed E-state index contributed by atoms with van der Waals surface area (Å²) in [6.45, 7) is 4.08. The largest absolute Gasteiger partial charge is 0.507 e. The van der Waals surface area contributed by atoms with Crippen LogP contribution >= 0.6 is 0 Å². The van der Waals surface area contributed by atoms with Gasteiger partial charge in [0.2, 0.25) is 0 Å². The summed E-state index contributed by atoms with van der Waals surface area (Å²) in [5, 5.41) is 10.9. The molecule has 0 atom stereocenters. The molecule has 0 saturated heterocycles. The first-order valence-corrected chi connectivity index (χ1v) is 14.8. The van der Waals surface area contributed by atoms with Gasteiger partial charge < -0.3 is 14.7 Å². The molecule has 0 aliphatic heterocycles. The standard InChI is InChI=1S/C40H35NO2/c1-3-30-14-20-35(21-15-30)41(37-24-18-33(19-25-37)32-10-6-4-7-11-32)36-22-16-31(17-23-36)27-34-28-39(26-29(2)40(34)42)43-38-12-8-5-9-13-38/h4-26,28,42H,3,27H2,1-2H3. The number of hydrogen-bond donors (Lipinski definition) is 1. The number of aryl methyl sites for hydroxylation is 2. The van der Waals surface area contributed by atoms with Crippen molar-refractivity contribution in [3.05, 3.63) is 168 Å². The van der Waals surface area contributed by atoms with Crippen molar-refractivity contribution in [3.63, 3.8) is 0 Å². The van der Waals surface area contributed by atoms with Gasteiger partial charge in [-0.25, -0.2) is 0 Å². The molecule has 0 aliphatic carbocycles. The monoisotopic (exact) mass is 561 g/mol. The van der Waals surface area contributed by atoms with Crippen LogP contribution in [0.3, 0.4) is 0 Å². The Bertz CT molecular complexity index is 1780. The Hall–Kier alpha value is -5.28. The van der Waals surface area contributed by atoms with Gasteiger partial charge in [-0.3, -0.25) is 0 Å². The average Bonchev–Trinajstić information content (AvgIpc) is 3.06. The van der Waals surface area contributed by atoms with E-state index in [4.69, 9.17) is 4.74 Å². The van der Waals surface area contributed by atoms with Crippen LogP contribution in [0.4, 0.5) is 17.1 Å². The second-order valence-corrected chi connectivity index (χ2v) is 10.8. The maximum absolute atomic E-state index is 10.9. The molecule has 6 aromatic carbocycles. The molecule has 0 fully saturated rings. The van der Waals surface area contributed by atoms with Crippen molar-refractivity contribution in [2.75, 3.05) is 4.90 Å². The van der Waals surface area contributed by atoms with Crippen LogP contribution in [0.2, 0.25) is 0 Å². The summed E-state index contributed by atoms with van der Waals surface area (Å²) in [5.41, 5.74) is 9.71. The fraction of sp³-hybridized carbons (Fsp3) is 0.100. The molecular weight excluding hydrogens is 526 g/mol. The van der Waals surface area contributed by atoms with Crippen LogP contribution in [0.5, 0.6) is 17.2 Å². The highest BCUT2D eigenvalue weighted by atomic mass is 16.5. The Morgan fingerprint density at radius 2 is 1.07 bits per heavy atom. The topological polar surface area (TPSA) is 32.7 Å². The smallest absolute Gasteiger partial charge is 0.128 e. The minimum Gasteiger partial charge on any atom is -0.507 e. The predicted octanol–water partition coefficient (Wildman–Crippen LogP) is 10.8. The molecule has 3 nitrogen and oxygen atoms in total. The zero-order valence-electron chi connectivity index (χ0n) is 24.6. The lowest BCUT2D eigenvalue weighted by atomic mass is 10.0. The molecule has 0 spiro atoms. The van der Waals surface area contributed by atoms with Gasteiger partial charge in [-0.1, -0.05) is 91.9 Å². The number of aromatic hydroxyl groups is 1. The lowest BCUT2D eigenvalue weighted by Gasteiger charge is -2.26. The number of ether oxygens (including phenoxy) is 1. The van der Waals surface area contributed by atoms with Crippen molar-refractivity contribution >= 4 is 17.1 Å². The van der Waals surface area contributed by atoms with Crippen LogP contribution in [-0.2, 0) is 12.8 Å². The van der Waals surface area contributed by atoms with Gasteiger partial charge in [-0.05, 0) is 102 Å². The number of para-hydroxylation sites is 1. The minimum atomic E-state index is 0.306. The zero-order valence-corrected chi connectivity index (χ0v) is 24.6. The van der Waals surface area contributed by atoms with E-state index in [9.17, 15) is 5.11 Å². The molecule has 0 amide bonds. The number of rotatable bonds is 9. The summed E-state index contributed by atoms with van der Waals surface area (Å²) >= 11 is 0. The van der Waals surface area contributed by atoms with Gasteiger partial charge in [0, 0.05) is 29.0 Å². The molecule has 0 bridgehead atoms. The number of phenols is 1. The molecule has 0 aliphatic rings. The predicted molar refractivity (Wildman–Crippen MR) is 178 cm³/mol. The molecule has 0 saturated carbocycles. The number of phenolic OH excluding ortho intramolecular Hbond substituents is 1. The van der Waals surface area contributed by atoms with Gasteiger partial charge in [0.05, 0.1) is 0 Å². The highest BCUT2D eigenvalue weighted by Crippen LogP contribution is 2.37. The van der Waals surface area contributed by atoms with E-state index in [1.807, 2.05) is 55.5 Å². The van der Waals surface area contributed by atoms with Gasteiger partial charge in [0.1, 0.15) is 17.2 Å². The van der Waals surface area contributed by atoms with E-state index in [1.54, 1.807) is 0 Å². The van der Waals surface area contributed by atoms with Gasteiger partial charge in [0.25, 0.3) is 0 Å². The van der Waals surface area contributed by atoms with Gasteiger partial charge in [-0.2, -0.15) is 0 Å². The fourth-order valence-electron chi connectivity index (χ4n) is 5.38. The molecule has 0 aromatic heterocycles. The Labute approximate surface area is 254 Å². The van der Waals surface area contributed by atoms with E-state index in [-0.39, 0.29) is 0 Å². The van der Waals surface area contributed by atoms with Crippen LogP contribution in [0.1, 0.15) is 29.2 Å². The summed E-state index contributed by atoms with van der Waals surface area (Å²) in [7, 11) is 0. The normalized spacial score (nSPS) is 10.8. The van der Waals surface area contributed by atoms with Crippen molar-refractivity contribution in [2.45, 2.75) is 26.7 Å². The lowest BCUT2D eigenvalue weighted by molar-refractivity contribution is 0.455. The third-order valence-corrected chi connectivity index (χ3v) is 7.76. The zero-order chi connectivity index (χ0) is 29.6. The molecule has 0 unspecified atom stereocenters. The molecule has 0 radical (unpaired) electrons. The summed E-state index contributed by atoms with van der Waals surface area (Å²) in [6, 6.07) is 50.1. The van der Waals surface area contributed by atoms with Crippen LogP contribution in [0, 0.1) is 6.92 Å². The van der Waals surface area contributed by atoms with E-state index in [1.165, 1.54) is 16.7 Å². The Morgan fingerprint density at radius 3 is 1.65 bits per heavy atom. The lowest BCUT2D eigenvalue weighted by Crippen LogP contribution is -2.10. The maximum atomic E-state index is 10.9. The van der Waals surface area contributed by atoms with Gasteiger partial charge in [0.15, 0.2) is 0 Å². The molecular formula is C40H35NO2. The Morgan fingerprint density at radius 1 is 0.558 bits per heavy atom. The molecule has 0 heterocycles. The maximum Gasteiger partial charge on any atom is 0.128 e. The number of hydrogen-bond acceptors (Lipinski definition) is 3. The first-order chi connectivity index (χ1) is 21.1. The fourth-order valence-corrected chi connectivity index (χ4v) is 5.38. The SMILES string of the molecule is CCc1ccc(N(c2ccc(Cc3cc(Oc4ccccc4)cc(C)c3O)cc2)c2ccc(-c3ccccc3)cc2)cc1. The Kier molecular flexibility index (Phi) is 8.24. The highest BCUT2D eigenvalue weighted by Gasteiger charge is 2.14. The third-order valence-electron chi connectivity index (χ3n) is 7.76. The van der Waals surface area contributed by atoms with Gasteiger partial charge in [-0.15, -0.1) is 0 Å². The molecule has 1 N–H and O–H groups in total. The van der Waals surface area contributed by atoms with Crippen molar-refractivity contribution < 1.29 is 9.84 Å². The first-order valence-electron chi connectivity index (χ1n) is 14.8. The molecule has 3 heteroatoms.